The molecule has 2 N–H and O–H groups in total. The van der Waals surface area contributed by atoms with Gasteiger partial charge in [-0.15, -0.1) is 0 Å². The molecule has 1 aliphatic rings. The van der Waals surface area contributed by atoms with E-state index in [-0.39, 0.29) is 17.7 Å². The minimum Gasteiger partial charge on any atom is -0.488 e. The van der Waals surface area contributed by atoms with Crippen LogP contribution in [-0.2, 0) is 0 Å². The summed E-state index contributed by atoms with van der Waals surface area (Å²) < 4.78 is 5.92. The second kappa shape index (κ2) is 7.93. The molecule has 1 aromatic heterocycles. The third-order valence-electron chi connectivity index (χ3n) is 4.11. The van der Waals surface area contributed by atoms with Gasteiger partial charge in [-0.25, -0.2) is 0 Å². The summed E-state index contributed by atoms with van der Waals surface area (Å²) in [5.74, 6) is -0.307. The molecule has 1 unspecified atom stereocenters. The van der Waals surface area contributed by atoms with Gasteiger partial charge in [-0.3, -0.25) is 14.6 Å². The number of nitrogens with two attached hydrogens (primary N) is 1. The van der Waals surface area contributed by atoms with Crippen molar-refractivity contribution >= 4 is 35.0 Å². The Morgan fingerprint density at radius 2 is 2.04 bits per heavy atom. The van der Waals surface area contributed by atoms with Gasteiger partial charge in [-0.1, -0.05) is 23.2 Å². The van der Waals surface area contributed by atoms with Crippen molar-refractivity contribution in [1.82, 2.24) is 9.88 Å². The lowest BCUT2D eigenvalue weighted by molar-refractivity contribution is 0.0538. The van der Waals surface area contributed by atoms with Crippen LogP contribution in [0, 0.1) is 0 Å². The summed E-state index contributed by atoms with van der Waals surface area (Å²) in [7, 11) is 0. The molecule has 136 valence electrons. The van der Waals surface area contributed by atoms with Gasteiger partial charge in [-0.2, -0.15) is 0 Å². The lowest BCUT2D eigenvalue weighted by atomic mass is 10.1. The molecule has 0 aliphatic carbocycles. The number of pyridine rings is 1. The van der Waals surface area contributed by atoms with Crippen molar-refractivity contribution in [2.24, 2.45) is 5.73 Å². The van der Waals surface area contributed by atoms with Crippen LogP contribution in [0.15, 0.2) is 36.5 Å². The SMILES string of the molecule is NC(=O)c1cc(OC2CCCN(C(=O)c3cc(Cl)ccc3Cl)C2)ccn1. The molecule has 6 nitrogen and oxygen atoms in total. The standard InChI is InChI=1S/C18H17Cl2N3O3/c19-11-3-4-15(20)14(8-11)18(25)23-7-1-2-13(10-23)26-12-5-6-22-16(9-12)17(21)24/h3-6,8-9,13H,1-2,7,10H2,(H2,21,24). The normalized spacial score (nSPS) is 17.0. The Bertz CT molecular complexity index is 844. The first-order valence-electron chi connectivity index (χ1n) is 8.11. The summed E-state index contributed by atoms with van der Waals surface area (Å²) in [5.41, 5.74) is 5.75. The average Bonchev–Trinajstić information content (AvgIpc) is 2.63. The number of hydrogen-bond donors (Lipinski definition) is 1. The number of primary amides is 1. The highest BCUT2D eigenvalue weighted by molar-refractivity contribution is 6.35. The lowest BCUT2D eigenvalue weighted by Gasteiger charge is -2.33. The van der Waals surface area contributed by atoms with Crippen LogP contribution >= 0.6 is 23.2 Å². The van der Waals surface area contributed by atoms with Crippen LogP contribution in [0.2, 0.25) is 10.0 Å². The van der Waals surface area contributed by atoms with Gasteiger partial charge < -0.3 is 15.4 Å². The lowest BCUT2D eigenvalue weighted by Crippen LogP contribution is -2.44. The van der Waals surface area contributed by atoms with Gasteiger partial charge in [0.2, 0.25) is 0 Å². The maximum absolute atomic E-state index is 12.8. The predicted octanol–water partition coefficient (Wildman–Crippen LogP) is 3.17. The van der Waals surface area contributed by atoms with Crippen molar-refractivity contribution in [3.05, 3.63) is 57.8 Å². The molecule has 0 radical (unpaired) electrons. The summed E-state index contributed by atoms with van der Waals surface area (Å²) in [5, 5.41) is 0.820. The van der Waals surface area contributed by atoms with E-state index in [9.17, 15) is 9.59 Å². The minimum absolute atomic E-state index is 0.136. The monoisotopic (exact) mass is 393 g/mol. The Balaban J connectivity index is 1.71. The first-order valence-corrected chi connectivity index (χ1v) is 8.86. The molecule has 0 bridgehead atoms. The van der Waals surface area contributed by atoms with Crippen LogP contribution in [0.5, 0.6) is 5.75 Å². The smallest absolute Gasteiger partial charge is 0.267 e. The first kappa shape index (κ1) is 18.5. The number of amides is 2. The topological polar surface area (TPSA) is 85.5 Å². The second-order valence-corrected chi connectivity index (χ2v) is 6.84. The summed E-state index contributed by atoms with van der Waals surface area (Å²) in [6.07, 6.45) is 2.85. The number of carbonyl (C=O) groups is 2. The van der Waals surface area contributed by atoms with Gasteiger partial charge in [0, 0.05) is 23.8 Å². The number of piperidine rings is 1. The number of likely N-dealkylation sites (tertiary alicyclic amines) is 1. The summed E-state index contributed by atoms with van der Waals surface area (Å²) in [6.45, 7) is 1.03. The first-order chi connectivity index (χ1) is 12.4. The maximum atomic E-state index is 12.8. The van der Waals surface area contributed by atoms with Gasteiger partial charge in [0.05, 0.1) is 17.1 Å². The number of ether oxygens (including phenoxy) is 1. The van der Waals surface area contributed by atoms with Crippen molar-refractivity contribution in [2.75, 3.05) is 13.1 Å². The van der Waals surface area contributed by atoms with E-state index in [4.69, 9.17) is 33.7 Å². The van der Waals surface area contributed by atoms with E-state index in [2.05, 4.69) is 4.98 Å². The van der Waals surface area contributed by atoms with E-state index in [0.717, 1.165) is 12.8 Å². The fraction of sp³-hybridized carbons (Fsp3) is 0.278. The number of carbonyl (C=O) groups excluding carboxylic acids is 2. The van der Waals surface area contributed by atoms with Crippen LogP contribution in [0.1, 0.15) is 33.7 Å². The largest absolute Gasteiger partial charge is 0.488 e. The molecule has 26 heavy (non-hydrogen) atoms. The van der Waals surface area contributed by atoms with Gasteiger partial charge in [0.1, 0.15) is 17.5 Å². The quantitative estimate of drug-likeness (QED) is 0.863. The van der Waals surface area contributed by atoms with E-state index in [1.54, 1.807) is 29.2 Å². The molecule has 1 fully saturated rings. The van der Waals surface area contributed by atoms with Gasteiger partial charge >= 0.3 is 0 Å². The number of rotatable bonds is 4. The van der Waals surface area contributed by atoms with Crippen LogP contribution in [0.25, 0.3) is 0 Å². The number of halogens is 2. The van der Waals surface area contributed by atoms with E-state index in [1.807, 2.05) is 0 Å². The molecule has 2 aromatic rings. The van der Waals surface area contributed by atoms with Crippen LogP contribution in [0.4, 0.5) is 0 Å². The van der Waals surface area contributed by atoms with Gasteiger partial charge in [0.15, 0.2) is 0 Å². The molecule has 1 atom stereocenters. The maximum Gasteiger partial charge on any atom is 0.267 e. The Morgan fingerprint density at radius 3 is 2.81 bits per heavy atom. The van der Waals surface area contributed by atoms with Crippen LogP contribution < -0.4 is 10.5 Å². The fourth-order valence-corrected chi connectivity index (χ4v) is 3.23. The average molecular weight is 394 g/mol. The number of hydrogen-bond acceptors (Lipinski definition) is 4. The summed E-state index contributed by atoms with van der Waals surface area (Å²) >= 11 is 12.1. The van der Waals surface area contributed by atoms with E-state index < -0.39 is 5.91 Å². The molecule has 1 saturated heterocycles. The Labute approximate surface area is 160 Å². The molecular weight excluding hydrogens is 377 g/mol. The van der Waals surface area contributed by atoms with Crippen molar-refractivity contribution in [3.63, 3.8) is 0 Å². The zero-order chi connectivity index (χ0) is 18.7. The Kier molecular flexibility index (Phi) is 5.64. The molecule has 8 heteroatoms. The van der Waals surface area contributed by atoms with Crippen molar-refractivity contribution in [3.8, 4) is 5.75 Å². The minimum atomic E-state index is -0.619. The number of benzene rings is 1. The third kappa shape index (κ3) is 4.26. The zero-order valence-corrected chi connectivity index (χ0v) is 15.3. The molecule has 3 rings (SSSR count). The third-order valence-corrected chi connectivity index (χ3v) is 4.68. The van der Waals surface area contributed by atoms with E-state index in [0.29, 0.717) is 34.4 Å². The fourth-order valence-electron chi connectivity index (χ4n) is 2.86. The molecular formula is C18H17Cl2N3O3. The number of nitrogens with zero attached hydrogens (tertiary/aromatic N) is 2. The van der Waals surface area contributed by atoms with Crippen LogP contribution in [0.3, 0.4) is 0 Å². The number of aromatic nitrogens is 1. The Morgan fingerprint density at radius 1 is 1.23 bits per heavy atom. The summed E-state index contributed by atoms with van der Waals surface area (Å²) in [4.78, 5) is 29.6. The highest BCUT2D eigenvalue weighted by Crippen LogP contribution is 2.25. The van der Waals surface area contributed by atoms with Gasteiger partial charge in [0.25, 0.3) is 11.8 Å². The van der Waals surface area contributed by atoms with Crippen molar-refractivity contribution in [2.45, 2.75) is 18.9 Å². The molecule has 2 heterocycles. The molecule has 1 aromatic carbocycles. The van der Waals surface area contributed by atoms with E-state index >= 15 is 0 Å². The van der Waals surface area contributed by atoms with Crippen LogP contribution in [-0.4, -0.2) is 40.9 Å². The van der Waals surface area contributed by atoms with Gasteiger partial charge in [-0.05, 0) is 37.1 Å². The second-order valence-electron chi connectivity index (χ2n) is 6.00. The predicted molar refractivity (Wildman–Crippen MR) is 98.8 cm³/mol. The molecule has 2 amide bonds. The highest BCUT2D eigenvalue weighted by atomic mass is 35.5. The van der Waals surface area contributed by atoms with Crippen molar-refractivity contribution in [1.29, 1.82) is 0 Å². The van der Waals surface area contributed by atoms with E-state index in [1.165, 1.54) is 12.3 Å². The van der Waals surface area contributed by atoms with Crippen molar-refractivity contribution < 1.29 is 14.3 Å². The summed E-state index contributed by atoms with van der Waals surface area (Å²) in [6, 6.07) is 7.97. The molecule has 0 saturated carbocycles. The zero-order valence-electron chi connectivity index (χ0n) is 13.8. The Hall–Kier alpha value is -2.31. The molecule has 0 spiro atoms. The molecule has 1 aliphatic heterocycles. The highest BCUT2D eigenvalue weighted by Gasteiger charge is 2.27.